The number of hydrogen-bond donors (Lipinski definition) is 1. The number of carbonyl (C=O) groups excluding carboxylic acids is 1. The molecule has 0 aromatic heterocycles. The summed E-state index contributed by atoms with van der Waals surface area (Å²) in [6.45, 7) is 6.49. The van der Waals surface area contributed by atoms with E-state index in [0.29, 0.717) is 6.54 Å². The van der Waals surface area contributed by atoms with Crippen LogP contribution in [0.1, 0.15) is 30.0 Å². The third-order valence-corrected chi connectivity index (χ3v) is 3.66. The fourth-order valence-electron chi connectivity index (χ4n) is 2.55. The lowest BCUT2D eigenvalue weighted by atomic mass is 10.1. The fraction of sp³-hybridized carbons (Fsp3) is 0.350. The van der Waals surface area contributed by atoms with Crippen molar-refractivity contribution in [3.63, 3.8) is 0 Å². The van der Waals surface area contributed by atoms with Crippen LogP contribution in [0.15, 0.2) is 48.5 Å². The summed E-state index contributed by atoms with van der Waals surface area (Å²) in [6, 6.07) is 16.3. The molecule has 0 radical (unpaired) electrons. The van der Waals surface area contributed by atoms with Gasteiger partial charge in [0.2, 0.25) is 0 Å². The van der Waals surface area contributed by atoms with Crippen LogP contribution in [-0.2, 0) is 11.2 Å². The topological polar surface area (TPSA) is 38.3 Å². The van der Waals surface area contributed by atoms with Crippen molar-refractivity contribution in [2.75, 3.05) is 6.54 Å². The number of aryl methyl sites for hydroxylation is 3. The molecule has 1 atom stereocenters. The summed E-state index contributed by atoms with van der Waals surface area (Å²) in [5.74, 6) is 0.673. The van der Waals surface area contributed by atoms with Gasteiger partial charge in [-0.05, 0) is 62.4 Å². The molecule has 0 aliphatic rings. The SMILES string of the molecule is Cc1cc(C)cc(O[C@H](C)C(=O)NCCCc2ccccc2)c1. The van der Waals surface area contributed by atoms with E-state index < -0.39 is 6.10 Å². The number of ether oxygens (including phenoxy) is 1. The predicted molar refractivity (Wildman–Crippen MR) is 93.8 cm³/mol. The zero-order valence-electron chi connectivity index (χ0n) is 14.1. The van der Waals surface area contributed by atoms with Crippen molar-refractivity contribution in [3.8, 4) is 5.75 Å². The maximum atomic E-state index is 12.1. The van der Waals surface area contributed by atoms with E-state index in [1.54, 1.807) is 6.92 Å². The van der Waals surface area contributed by atoms with Crippen molar-refractivity contribution in [3.05, 3.63) is 65.2 Å². The van der Waals surface area contributed by atoms with Gasteiger partial charge in [-0.3, -0.25) is 4.79 Å². The Hall–Kier alpha value is -2.29. The summed E-state index contributed by atoms with van der Waals surface area (Å²) in [5, 5.41) is 2.94. The molecular formula is C20H25NO2. The molecule has 0 spiro atoms. The standard InChI is InChI=1S/C20H25NO2/c1-15-12-16(2)14-19(13-15)23-17(3)20(22)21-11-7-10-18-8-5-4-6-9-18/h4-6,8-9,12-14,17H,7,10-11H2,1-3H3,(H,21,22)/t17-/m1/s1. The summed E-state index contributed by atoms with van der Waals surface area (Å²) >= 11 is 0. The van der Waals surface area contributed by atoms with E-state index in [4.69, 9.17) is 4.74 Å². The highest BCUT2D eigenvalue weighted by Crippen LogP contribution is 2.17. The normalized spacial score (nSPS) is 11.8. The van der Waals surface area contributed by atoms with Crippen molar-refractivity contribution in [1.29, 1.82) is 0 Å². The van der Waals surface area contributed by atoms with E-state index in [2.05, 4.69) is 23.5 Å². The second-order valence-electron chi connectivity index (χ2n) is 5.96. The number of carbonyl (C=O) groups is 1. The highest BCUT2D eigenvalue weighted by atomic mass is 16.5. The van der Waals surface area contributed by atoms with Gasteiger partial charge in [0.1, 0.15) is 5.75 Å². The van der Waals surface area contributed by atoms with Gasteiger partial charge in [-0.15, -0.1) is 0 Å². The summed E-state index contributed by atoms with van der Waals surface area (Å²) in [7, 11) is 0. The van der Waals surface area contributed by atoms with Gasteiger partial charge in [0.25, 0.3) is 5.91 Å². The number of nitrogens with one attached hydrogen (secondary N) is 1. The van der Waals surface area contributed by atoms with Crippen LogP contribution < -0.4 is 10.1 Å². The van der Waals surface area contributed by atoms with Crippen molar-refractivity contribution >= 4 is 5.91 Å². The minimum atomic E-state index is -0.493. The zero-order chi connectivity index (χ0) is 16.7. The van der Waals surface area contributed by atoms with Crippen LogP contribution in [0.25, 0.3) is 0 Å². The minimum absolute atomic E-state index is 0.0720. The monoisotopic (exact) mass is 311 g/mol. The molecule has 1 N–H and O–H groups in total. The molecule has 23 heavy (non-hydrogen) atoms. The van der Waals surface area contributed by atoms with Crippen molar-refractivity contribution in [2.45, 2.75) is 39.7 Å². The smallest absolute Gasteiger partial charge is 0.260 e. The molecule has 2 aromatic carbocycles. The van der Waals surface area contributed by atoms with Crippen LogP contribution in [0.5, 0.6) is 5.75 Å². The quantitative estimate of drug-likeness (QED) is 0.789. The number of rotatable bonds is 7. The van der Waals surface area contributed by atoms with E-state index in [1.165, 1.54) is 5.56 Å². The van der Waals surface area contributed by atoms with Gasteiger partial charge >= 0.3 is 0 Å². The average Bonchev–Trinajstić information content (AvgIpc) is 2.51. The van der Waals surface area contributed by atoms with E-state index in [1.807, 2.05) is 44.2 Å². The van der Waals surface area contributed by atoms with Gasteiger partial charge in [0, 0.05) is 6.54 Å². The molecule has 0 fully saturated rings. The molecule has 2 rings (SSSR count). The number of hydrogen-bond acceptors (Lipinski definition) is 2. The minimum Gasteiger partial charge on any atom is -0.481 e. The van der Waals surface area contributed by atoms with Gasteiger partial charge in [0.15, 0.2) is 6.10 Å². The highest BCUT2D eigenvalue weighted by Gasteiger charge is 2.14. The lowest BCUT2D eigenvalue weighted by Crippen LogP contribution is -2.37. The summed E-state index contributed by atoms with van der Waals surface area (Å²) in [5.41, 5.74) is 3.56. The summed E-state index contributed by atoms with van der Waals surface area (Å²) in [6.07, 6.45) is 1.40. The Kier molecular flexibility index (Phi) is 6.21. The summed E-state index contributed by atoms with van der Waals surface area (Å²) in [4.78, 5) is 12.1. The van der Waals surface area contributed by atoms with Crippen molar-refractivity contribution < 1.29 is 9.53 Å². The lowest BCUT2D eigenvalue weighted by molar-refractivity contribution is -0.127. The second kappa shape index (κ2) is 8.37. The molecule has 122 valence electrons. The lowest BCUT2D eigenvalue weighted by Gasteiger charge is -2.15. The first kappa shape index (κ1) is 17.1. The van der Waals surface area contributed by atoms with Crippen molar-refractivity contribution in [2.24, 2.45) is 0 Å². The first-order valence-corrected chi connectivity index (χ1v) is 8.11. The Labute approximate surface area is 138 Å². The first-order valence-electron chi connectivity index (χ1n) is 8.11. The highest BCUT2D eigenvalue weighted by molar-refractivity contribution is 5.80. The molecule has 3 heteroatoms. The first-order chi connectivity index (χ1) is 11.0. The Morgan fingerprint density at radius 3 is 2.39 bits per heavy atom. The van der Waals surface area contributed by atoms with E-state index in [9.17, 15) is 4.79 Å². The molecule has 1 amide bonds. The van der Waals surface area contributed by atoms with Gasteiger partial charge in [-0.25, -0.2) is 0 Å². The van der Waals surface area contributed by atoms with E-state index in [0.717, 1.165) is 29.7 Å². The van der Waals surface area contributed by atoms with Gasteiger partial charge in [-0.2, -0.15) is 0 Å². The molecule has 0 aliphatic carbocycles. The van der Waals surface area contributed by atoms with Crippen LogP contribution in [0.4, 0.5) is 0 Å². The van der Waals surface area contributed by atoms with Crippen LogP contribution in [-0.4, -0.2) is 18.6 Å². The van der Waals surface area contributed by atoms with Crippen LogP contribution in [0.2, 0.25) is 0 Å². The molecule has 0 unspecified atom stereocenters. The molecule has 0 heterocycles. The van der Waals surface area contributed by atoms with E-state index >= 15 is 0 Å². The fourth-order valence-corrected chi connectivity index (χ4v) is 2.55. The maximum absolute atomic E-state index is 12.1. The zero-order valence-corrected chi connectivity index (χ0v) is 14.1. The Balaban J connectivity index is 1.74. The molecule has 0 aliphatic heterocycles. The average molecular weight is 311 g/mol. The van der Waals surface area contributed by atoms with E-state index in [-0.39, 0.29) is 5.91 Å². The summed E-state index contributed by atoms with van der Waals surface area (Å²) < 4.78 is 5.74. The molecule has 3 nitrogen and oxygen atoms in total. The molecule has 0 bridgehead atoms. The predicted octanol–water partition coefficient (Wildman–Crippen LogP) is 3.82. The number of amides is 1. The van der Waals surface area contributed by atoms with Crippen LogP contribution in [0, 0.1) is 13.8 Å². The van der Waals surface area contributed by atoms with Gasteiger partial charge in [-0.1, -0.05) is 36.4 Å². The molecular weight excluding hydrogens is 286 g/mol. The maximum Gasteiger partial charge on any atom is 0.260 e. The molecule has 2 aromatic rings. The van der Waals surface area contributed by atoms with Gasteiger partial charge < -0.3 is 10.1 Å². The molecule has 0 saturated heterocycles. The molecule has 0 saturated carbocycles. The third-order valence-electron chi connectivity index (χ3n) is 3.66. The largest absolute Gasteiger partial charge is 0.481 e. The van der Waals surface area contributed by atoms with Crippen LogP contribution >= 0.6 is 0 Å². The third kappa shape index (κ3) is 5.78. The van der Waals surface area contributed by atoms with Crippen LogP contribution in [0.3, 0.4) is 0 Å². The number of benzene rings is 2. The Morgan fingerprint density at radius 2 is 1.74 bits per heavy atom. The second-order valence-corrected chi connectivity index (χ2v) is 5.96. The Bertz CT molecular complexity index is 617. The van der Waals surface area contributed by atoms with Gasteiger partial charge in [0.05, 0.1) is 0 Å². The van der Waals surface area contributed by atoms with Crippen molar-refractivity contribution in [1.82, 2.24) is 5.32 Å². The Morgan fingerprint density at radius 1 is 1.09 bits per heavy atom.